The van der Waals surface area contributed by atoms with Crippen molar-refractivity contribution in [2.75, 3.05) is 5.73 Å². The number of rotatable bonds is 1. The van der Waals surface area contributed by atoms with Gasteiger partial charge in [0.15, 0.2) is 5.65 Å². The first-order valence-corrected chi connectivity index (χ1v) is 5.72. The van der Waals surface area contributed by atoms with Crippen LogP contribution >= 0.6 is 0 Å². The molecule has 0 aliphatic carbocycles. The van der Waals surface area contributed by atoms with Gasteiger partial charge < -0.3 is 5.73 Å². The molecule has 2 heterocycles. The zero-order valence-electron chi connectivity index (χ0n) is 10.1. The molecule has 20 heavy (non-hydrogen) atoms. The smallest absolute Gasteiger partial charge is 0.384 e. The number of halogens is 3. The van der Waals surface area contributed by atoms with Crippen molar-refractivity contribution in [3.8, 4) is 11.1 Å². The van der Waals surface area contributed by atoms with Crippen LogP contribution in [-0.4, -0.2) is 14.6 Å². The van der Waals surface area contributed by atoms with Crippen molar-refractivity contribution in [1.82, 2.24) is 14.6 Å². The highest BCUT2D eigenvalue weighted by Gasteiger charge is 2.30. The molecular weight excluding hydrogens is 269 g/mol. The van der Waals surface area contributed by atoms with E-state index in [-0.39, 0.29) is 0 Å². The van der Waals surface area contributed by atoms with E-state index >= 15 is 0 Å². The van der Waals surface area contributed by atoms with E-state index in [2.05, 4.69) is 10.1 Å². The summed E-state index contributed by atoms with van der Waals surface area (Å²) in [4.78, 5) is 4.11. The third kappa shape index (κ3) is 1.97. The lowest BCUT2D eigenvalue weighted by Crippen LogP contribution is -2.04. The Labute approximate surface area is 111 Å². The molecule has 0 fully saturated rings. The number of nitrogens with two attached hydrogens (primary N) is 1. The second-order valence-corrected chi connectivity index (χ2v) is 4.24. The molecule has 3 aromatic rings. The largest absolute Gasteiger partial charge is 0.416 e. The Balaban J connectivity index is 2.19. The first-order chi connectivity index (χ1) is 9.47. The topological polar surface area (TPSA) is 56.2 Å². The van der Waals surface area contributed by atoms with Gasteiger partial charge in [0.1, 0.15) is 5.82 Å². The highest BCUT2D eigenvalue weighted by molar-refractivity contribution is 5.78. The Bertz CT molecular complexity index is 777. The van der Waals surface area contributed by atoms with Crippen molar-refractivity contribution in [2.45, 2.75) is 6.18 Å². The highest BCUT2D eigenvalue weighted by atomic mass is 19.4. The minimum Gasteiger partial charge on any atom is -0.384 e. The molecule has 0 saturated carbocycles. The number of anilines is 1. The van der Waals surface area contributed by atoms with Gasteiger partial charge in [0.2, 0.25) is 0 Å². The van der Waals surface area contributed by atoms with Gasteiger partial charge >= 0.3 is 6.18 Å². The lowest BCUT2D eigenvalue weighted by molar-refractivity contribution is -0.137. The average Bonchev–Trinajstić information content (AvgIpc) is 2.83. The summed E-state index contributed by atoms with van der Waals surface area (Å²) in [6.45, 7) is 0. The lowest BCUT2D eigenvalue weighted by atomic mass is 10.1. The molecule has 3 rings (SSSR count). The van der Waals surface area contributed by atoms with E-state index in [1.165, 1.54) is 23.0 Å². The number of aromatic nitrogens is 3. The van der Waals surface area contributed by atoms with E-state index in [1.807, 2.05) is 0 Å². The minimum atomic E-state index is -4.38. The van der Waals surface area contributed by atoms with Gasteiger partial charge in [-0.1, -0.05) is 12.1 Å². The zero-order valence-corrected chi connectivity index (χ0v) is 10.1. The van der Waals surface area contributed by atoms with Gasteiger partial charge in [-0.15, -0.1) is 0 Å². The SMILES string of the molecule is Nc1ccnc2c(-c3cccc(C(F)(F)F)c3)cnn12. The predicted octanol–water partition coefficient (Wildman–Crippen LogP) is 3.00. The van der Waals surface area contributed by atoms with E-state index in [1.54, 1.807) is 12.1 Å². The van der Waals surface area contributed by atoms with E-state index in [0.717, 1.165) is 12.1 Å². The van der Waals surface area contributed by atoms with Crippen molar-refractivity contribution in [3.63, 3.8) is 0 Å². The second kappa shape index (κ2) is 4.22. The highest BCUT2D eigenvalue weighted by Crippen LogP contribution is 2.33. The van der Waals surface area contributed by atoms with Crippen LogP contribution in [0.4, 0.5) is 19.0 Å². The summed E-state index contributed by atoms with van der Waals surface area (Å²) in [5.74, 6) is 0.369. The third-order valence-corrected chi connectivity index (χ3v) is 2.93. The van der Waals surface area contributed by atoms with Crippen molar-refractivity contribution in [1.29, 1.82) is 0 Å². The molecule has 0 aliphatic rings. The van der Waals surface area contributed by atoms with E-state index in [9.17, 15) is 13.2 Å². The van der Waals surface area contributed by atoms with Crippen LogP contribution in [0.5, 0.6) is 0 Å². The monoisotopic (exact) mass is 278 g/mol. The molecule has 4 nitrogen and oxygen atoms in total. The Morgan fingerprint density at radius 3 is 2.70 bits per heavy atom. The van der Waals surface area contributed by atoms with Crippen molar-refractivity contribution >= 4 is 11.5 Å². The standard InChI is InChI=1S/C13H9F3N4/c14-13(15,16)9-3-1-2-8(6-9)10-7-19-20-11(17)4-5-18-12(10)20/h1-7H,17H2. The molecule has 2 N–H and O–H groups in total. The van der Waals surface area contributed by atoms with Crippen molar-refractivity contribution in [2.24, 2.45) is 0 Å². The summed E-state index contributed by atoms with van der Waals surface area (Å²) >= 11 is 0. The predicted molar refractivity (Wildman–Crippen MR) is 67.8 cm³/mol. The van der Waals surface area contributed by atoms with Gasteiger partial charge in [-0.2, -0.15) is 22.8 Å². The summed E-state index contributed by atoms with van der Waals surface area (Å²) < 4.78 is 39.6. The fraction of sp³-hybridized carbons (Fsp3) is 0.0769. The summed E-state index contributed by atoms with van der Waals surface area (Å²) in [6, 6.07) is 6.60. The van der Waals surface area contributed by atoms with Crippen molar-refractivity contribution < 1.29 is 13.2 Å². The van der Waals surface area contributed by atoms with Gasteiger partial charge in [-0.25, -0.2) is 4.98 Å². The van der Waals surface area contributed by atoms with E-state index in [0.29, 0.717) is 22.6 Å². The Kier molecular flexibility index (Phi) is 2.63. The maximum Gasteiger partial charge on any atom is 0.416 e. The third-order valence-electron chi connectivity index (χ3n) is 2.93. The van der Waals surface area contributed by atoms with Gasteiger partial charge in [0.05, 0.1) is 11.8 Å². The first-order valence-electron chi connectivity index (χ1n) is 5.72. The Morgan fingerprint density at radius 1 is 1.15 bits per heavy atom. The normalized spacial score (nSPS) is 11.9. The Hall–Kier alpha value is -2.57. The number of alkyl halides is 3. The molecule has 0 atom stereocenters. The second-order valence-electron chi connectivity index (χ2n) is 4.24. The molecule has 0 saturated heterocycles. The summed E-state index contributed by atoms with van der Waals surface area (Å²) in [5.41, 5.74) is 6.34. The average molecular weight is 278 g/mol. The molecule has 0 amide bonds. The number of benzene rings is 1. The van der Waals surface area contributed by atoms with Crippen LogP contribution in [0.25, 0.3) is 16.8 Å². The number of nitrogens with zero attached hydrogens (tertiary/aromatic N) is 3. The lowest BCUT2D eigenvalue weighted by Gasteiger charge is -2.08. The van der Waals surface area contributed by atoms with Crippen LogP contribution in [0.1, 0.15) is 5.56 Å². The minimum absolute atomic E-state index is 0.369. The van der Waals surface area contributed by atoms with Gasteiger partial charge in [-0.05, 0) is 23.8 Å². The number of hydrogen-bond acceptors (Lipinski definition) is 3. The van der Waals surface area contributed by atoms with Crippen LogP contribution in [0.3, 0.4) is 0 Å². The molecule has 0 unspecified atom stereocenters. The Morgan fingerprint density at radius 2 is 1.95 bits per heavy atom. The van der Waals surface area contributed by atoms with Gasteiger partial charge in [0, 0.05) is 11.8 Å². The summed E-state index contributed by atoms with van der Waals surface area (Å²) in [6.07, 6.45) is -1.44. The molecule has 102 valence electrons. The molecule has 7 heteroatoms. The maximum atomic E-state index is 12.7. The summed E-state index contributed by atoms with van der Waals surface area (Å²) in [5, 5.41) is 4.03. The van der Waals surface area contributed by atoms with Crippen LogP contribution in [0.15, 0.2) is 42.7 Å². The molecule has 0 bridgehead atoms. The molecule has 2 aromatic heterocycles. The van der Waals surface area contributed by atoms with Crippen LogP contribution in [-0.2, 0) is 6.18 Å². The van der Waals surface area contributed by atoms with Crippen LogP contribution < -0.4 is 5.73 Å². The van der Waals surface area contributed by atoms with Crippen LogP contribution in [0.2, 0.25) is 0 Å². The van der Waals surface area contributed by atoms with Crippen molar-refractivity contribution in [3.05, 3.63) is 48.3 Å². The van der Waals surface area contributed by atoms with Gasteiger partial charge in [0.25, 0.3) is 0 Å². The summed E-state index contributed by atoms with van der Waals surface area (Å²) in [7, 11) is 0. The fourth-order valence-corrected chi connectivity index (χ4v) is 1.98. The molecular formula is C13H9F3N4. The number of hydrogen-bond donors (Lipinski definition) is 1. The van der Waals surface area contributed by atoms with E-state index < -0.39 is 11.7 Å². The quantitative estimate of drug-likeness (QED) is 0.744. The number of fused-ring (bicyclic) bond motifs is 1. The van der Waals surface area contributed by atoms with E-state index in [4.69, 9.17) is 5.73 Å². The number of nitrogen functional groups attached to an aromatic ring is 1. The molecule has 0 spiro atoms. The molecule has 1 aromatic carbocycles. The first kappa shape index (κ1) is 12.5. The maximum absolute atomic E-state index is 12.7. The van der Waals surface area contributed by atoms with Crippen LogP contribution in [0, 0.1) is 0 Å². The molecule has 0 aliphatic heterocycles. The zero-order chi connectivity index (χ0) is 14.3. The van der Waals surface area contributed by atoms with Gasteiger partial charge in [-0.3, -0.25) is 0 Å². The molecule has 0 radical (unpaired) electrons. The fourth-order valence-electron chi connectivity index (χ4n) is 1.98.